The molecular formula is C14H17NO4S2. The number of thiophene rings is 1. The van der Waals surface area contributed by atoms with Crippen molar-refractivity contribution in [3.8, 4) is 5.75 Å². The predicted octanol–water partition coefficient (Wildman–Crippen LogP) is 2.83. The Labute approximate surface area is 128 Å². The number of rotatable bonds is 7. The van der Waals surface area contributed by atoms with Crippen LogP contribution in [0.3, 0.4) is 0 Å². The molecule has 2 N–H and O–H groups in total. The van der Waals surface area contributed by atoms with Gasteiger partial charge < -0.3 is 9.84 Å². The van der Waals surface area contributed by atoms with Gasteiger partial charge in [0, 0.05) is 15.9 Å². The van der Waals surface area contributed by atoms with Gasteiger partial charge in [-0.15, -0.1) is 11.3 Å². The fourth-order valence-corrected chi connectivity index (χ4v) is 3.83. The highest BCUT2D eigenvalue weighted by Gasteiger charge is 2.16. The van der Waals surface area contributed by atoms with E-state index in [9.17, 15) is 8.42 Å². The highest BCUT2D eigenvalue weighted by molar-refractivity contribution is 7.92. The third-order valence-corrected chi connectivity index (χ3v) is 5.11. The number of anilines is 1. The number of hydrogen-bond acceptors (Lipinski definition) is 5. The van der Waals surface area contributed by atoms with E-state index in [-0.39, 0.29) is 11.5 Å². The Morgan fingerprint density at radius 2 is 2.00 bits per heavy atom. The molecule has 0 aliphatic heterocycles. The van der Waals surface area contributed by atoms with Crippen LogP contribution in [0.5, 0.6) is 5.75 Å². The Hall–Kier alpha value is -1.57. The van der Waals surface area contributed by atoms with Crippen LogP contribution in [-0.2, 0) is 16.6 Å². The smallest absolute Gasteiger partial charge is 0.262 e. The largest absolute Gasteiger partial charge is 0.494 e. The Morgan fingerprint density at radius 1 is 1.29 bits per heavy atom. The Balaban J connectivity index is 2.09. The molecule has 114 valence electrons. The summed E-state index contributed by atoms with van der Waals surface area (Å²) in [7, 11) is -3.62. The molecule has 5 nitrogen and oxygen atoms in total. The van der Waals surface area contributed by atoms with Gasteiger partial charge in [0.2, 0.25) is 0 Å². The van der Waals surface area contributed by atoms with Crippen molar-refractivity contribution in [2.24, 2.45) is 0 Å². The fourth-order valence-electron chi connectivity index (χ4n) is 1.64. The van der Waals surface area contributed by atoms with Gasteiger partial charge in [-0.05, 0) is 36.8 Å². The van der Waals surface area contributed by atoms with Gasteiger partial charge in [0.1, 0.15) is 5.75 Å². The van der Waals surface area contributed by atoms with Gasteiger partial charge in [-0.25, -0.2) is 8.42 Å². The SMILES string of the molecule is CCCOc1ccc(NS(=O)(=O)c2csc(CO)c2)cc1. The average Bonchev–Trinajstić information content (AvgIpc) is 2.96. The first-order chi connectivity index (χ1) is 10.0. The van der Waals surface area contributed by atoms with Crippen molar-refractivity contribution >= 4 is 27.0 Å². The molecule has 1 heterocycles. The van der Waals surface area contributed by atoms with Crippen LogP contribution in [0, 0.1) is 0 Å². The molecule has 0 bridgehead atoms. The summed E-state index contributed by atoms with van der Waals surface area (Å²) in [6.45, 7) is 2.48. The average molecular weight is 327 g/mol. The van der Waals surface area contributed by atoms with Gasteiger partial charge in [-0.2, -0.15) is 0 Å². The van der Waals surface area contributed by atoms with Crippen LogP contribution < -0.4 is 9.46 Å². The molecule has 1 aromatic carbocycles. The number of nitrogens with one attached hydrogen (secondary N) is 1. The molecule has 1 aromatic heterocycles. The van der Waals surface area contributed by atoms with E-state index < -0.39 is 10.0 Å². The molecule has 0 saturated carbocycles. The van der Waals surface area contributed by atoms with Gasteiger partial charge in [0.15, 0.2) is 0 Å². The van der Waals surface area contributed by atoms with Crippen LogP contribution in [0.15, 0.2) is 40.6 Å². The first-order valence-electron chi connectivity index (χ1n) is 6.49. The van der Waals surface area contributed by atoms with Crippen LogP contribution in [0.2, 0.25) is 0 Å². The molecule has 0 radical (unpaired) electrons. The highest BCUT2D eigenvalue weighted by atomic mass is 32.2. The standard InChI is InChI=1S/C14H17NO4S2/c1-2-7-19-12-5-3-11(4-6-12)15-21(17,18)14-8-13(9-16)20-10-14/h3-6,8,10,15-16H,2,7,9H2,1H3. The second-order valence-electron chi connectivity index (χ2n) is 4.39. The summed E-state index contributed by atoms with van der Waals surface area (Å²) in [6.07, 6.45) is 0.916. The maximum absolute atomic E-state index is 12.2. The normalized spacial score (nSPS) is 11.3. The molecule has 2 rings (SSSR count). The number of benzene rings is 1. The quantitative estimate of drug-likeness (QED) is 0.820. The van der Waals surface area contributed by atoms with Crippen molar-refractivity contribution < 1.29 is 18.3 Å². The Kier molecular flexibility index (Phi) is 5.22. The zero-order chi connectivity index (χ0) is 15.3. The molecule has 0 aliphatic rings. The lowest BCUT2D eigenvalue weighted by molar-refractivity contribution is 0.285. The van der Waals surface area contributed by atoms with Gasteiger partial charge >= 0.3 is 0 Å². The molecule has 0 fully saturated rings. The zero-order valence-corrected chi connectivity index (χ0v) is 13.2. The molecular weight excluding hydrogens is 310 g/mol. The topological polar surface area (TPSA) is 75.6 Å². The van der Waals surface area contributed by atoms with E-state index in [0.29, 0.717) is 22.9 Å². The van der Waals surface area contributed by atoms with Crippen molar-refractivity contribution in [3.05, 3.63) is 40.6 Å². The van der Waals surface area contributed by atoms with Crippen molar-refractivity contribution in [3.63, 3.8) is 0 Å². The van der Waals surface area contributed by atoms with E-state index in [1.54, 1.807) is 24.3 Å². The number of hydrogen-bond donors (Lipinski definition) is 2. The van der Waals surface area contributed by atoms with Gasteiger partial charge in [0.25, 0.3) is 10.0 Å². The molecule has 0 unspecified atom stereocenters. The third-order valence-electron chi connectivity index (χ3n) is 2.68. The van der Waals surface area contributed by atoms with Crippen molar-refractivity contribution in [2.45, 2.75) is 24.8 Å². The molecule has 0 saturated heterocycles. The summed E-state index contributed by atoms with van der Waals surface area (Å²) in [6, 6.07) is 8.22. The van der Waals surface area contributed by atoms with E-state index in [4.69, 9.17) is 9.84 Å². The first kappa shape index (κ1) is 15.8. The maximum atomic E-state index is 12.2. The minimum atomic E-state index is -3.62. The minimum Gasteiger partial charge on any atom is -0.494 e. The number of sulfonamides is 1. The van der Waals surface area contributed by atoms with E-state index >= 15 is 0 Å². The van der Waals surface area contributed by atoms with Crippen LogP contribution in [0.1, 0.15) is 18.2 Å². The lowest BCUT2D eigenvalue weighted by Gasteiger charge is -2.08. The summed E-state index contributed by atoms with van der Waals surface area (Å²) >= 11 is 1.21. The molecule has 0 aliphatic carbocycles. The van der Waals surface area contributed by atoms with Crippen LogP contribution in [0.25, 0.3) is 0 Å². The van der Waals surface area contributed by atoms with Crippen molar-refractivity contribution in [2.75, 3.05) is 11.3 Å². The van der Waals surface area contributed by atoms with E-state index in [1.807, 2.05) is 6.92 Å². The van der Waals surface area contributed by atoms with Crippen LogP contribution in [-0.4, -0.2) is 20.1 Å². The third kappa shape index (κ3) is 4.20. The van der Waals surface area contributed by atoms with Crippen molar-refractivity contribution in [1.29, 1.82) is 0 Å². The van der Waals surface area contributed by atoms with E-state index in [0.717, 1.165) is 6.42 Å². The van der Waals surface area contributed by atoms with Gasteiger partial charge in [0.05, 0.1) is 18.1 Å². The summed E-state index contributed by atoms with van der Waals surface area (Å²) in [5, 5.41) is 10.5. The Bertz CT molecular complexity index is 677. The van der Waals surface area contributed by atoms with Crippen LogP contribution in [0.4, 0.5) is 5.69 Å². The summed E-state index contributed by atoms with van der Waals surface area (Å²) in [5.41, 5.74) is 0.468. The maximum Gasteiger partial charge on any atom is 0.262 e. The predicted molar refractivity (Wildman–Crippen MR) is 83.3 cm³/mol. The van der Waals surface area contributed by atoms with Crippen LogP contribution >= 0.6 is 11.3 Å². The number of aliphatic hydroxyl groups is 1. The van der Waals surface area contributed by atoms with Crippen molar-refractivity contribution in [1.82, 2.24) is 0 Å². The fraction of sp³-hybridized carbons (Fsp3) is 0.286. The molecule has 2 aromatic rings. The molecule has 0 amide bonds. The summed E-state index contributed by atoms with van der Waals surface area (Å²) in [4.78, 5) is 0.765. The molecule has 0 spiro atoms. The molecule has 0 atom stereocenters. The monoisotopic (exact) mass is 327 g/mol. The number of aliphatic hydroxyl groups excluding tert-OH is 1. The lowest BCUT2D eigenvalue weighted by Crippen LogP contribution is -2.12. The second kappa shape index (κ2) is 6.93. The molecule has 7 heteroatoms. The minimum absolute atomic E-state index is 0.155. The summed E-state index contributed by atoms with van der Waals surface area (Å²) in [5.74, 6) is 0.706. The first-order valence-corrected chi connectivity index (χ1v) is 8.85. The Morgan fingerprint density at radius 3 is 2.57 bits per heavy atom. The zero-order valence-electron chi connectivity index (χ0n) is 11.6. The molecule has 21 heavy (non-hydrogen) atoms. The summed E-state index contributed by atoms with van der Waals surface area (Å²) < 4.78 is 32.3. The number of ether oxygens (including phenoxy) is 1. The van der Waals surface area contributed by atoms with Gasteiger partial charge in [-0.3, -0.25) is 4.72 Å². The van der Waals surface area contributed by atoms with Gasteiger partial charge in [-0.1, -0.05) is 6.92 Å². The van der Waals surface area contributed by atoms with E-state index in [2.05, 4.69) is 4.72 Å². The lowest BCUT2D eigenvalue weighted by atomic mass is 10.3. The highest BCUT2D eigenvalue weighted by Crippen LogP contribution is 2.23. The second-order valence-corrected chi connectivity index (χ2v) is 7.06. The van der Waals surface area contributed by atoms with E-state index in [1.165, 1.54) is 22.8 Å².